The molecule has 0 amide bonds. The van der Waals surface area contributed by atoms with Gasteiger partial charge in [-0.25, -0.2) is 0 Å². The molecule has 5 nitrogen and oxygen atoms in total. The van der Waals surface area contributed by atoms with Gasteiger partial charge in [-0.15, -0.1) is 0 Å². The topological polar surface area (TPSA) is 54.0 Å². The molecule has 0 spiro atoms. The summed E-state index contributed by atoms with van der Waals surface area (Å²) >= 11 is 0. The van der Waals surface area contributed by atoms with E-state index in [2.05, 4.69) is 30.3 Å². The van der Waals surface area contributed by atoms with E-state index in [0.717, 1.165) is 22.3 Å². The van der Waals surface area contributed by atoms with Crippen LogP contribution in [-0.2, 0) is 9.53 Å². The molecule has 3 aromatic rings. The predicted octanol–water partition coefficient (Wildman–Crippen LogP) is 5.53. The maximum atomic E-state index is 13.9. The molecule has 2 fully saturated rings. The third kappa shape index (κ3) is 4.00. The number of ether oxygens (including phenoxy) is 4. The maximum Gasteiger partial charge on any atom is 0.203 e. The van der Waals surface area contributed by atoms with Crippen LogP contribution in [0.2, 0.25) is 0 Å². The maximum absolute atomic E-state index is 13.9. The van der Waals surface area contributed by atoms with Gasteiger partial charge in [-0.2, -0.15) is 0 Å². The number of rotatable bonds is 7. The van der Waals surface area contributed by atoms with Gasteiger partial charge in [0.25, 0.3) is 0 Å². The number of benzene rings is 3. The van der Waals surface area contributed by atoms with Crippen molar-refractivity contribution in [3.05, 3.63) is 95.6 Å². The largest absolute Gasteiger partial charge is 0.493 e. The SMILES string of the molecule is COc1cc([C@@H]2C[C@@H]3COC[C@@]2(C=C(c2ccccc2)c2ccccc2)C3=O)cc(OC)c1OC. The zero-order chi connectivity index (χ0) is 24.4. The average molecular weight is 471 g/mol. The van der Waals surface area contributed by atoms with Crippen LogP contribution in [-0.4, -0.2) is 40.3 Å². The first-order valence-electron chi connectivity index (χ1n) is 11.9. The smallest absolute Gasteiger partial charge is 0.203 e. The number of methoxy groups -OCH3 is 3. The van der Waals surface area contributed by atoms with Gasteiger partial charge >= 0.3 is 0 Å². The summed E-state index contributed by atoms with van der Waals surface area (Å²) in [5.41, 5.74) is 3.35. The van der Waals surface area contributed by atoms with Crippen molar-refractivity contribution in [3.63, 3.8) is 0 Å². The Labute approximate surface area is 206 Å². The minimum atomic E-state index is -0.797. The lowest BCUT2D eigenvalue weighted by atomic mass is 9.71. The summed E-state index contributed by atoms with van der Waals surface area (Å²) in [4.78, 5) is 13.9. The van der Waals surface area contributed by atoms with E-state index in [1.54, 1.807) is 21.3 Å². The van der Waals surface area contributed by atoms with Crippen molar-refractivity contribution in [2.75, 3.05) is 34.5 Å². The highest BCUT2D eigenvalue weighted by atomic mass is 16.5. The van der Waals surface area contributed by atoms with Gasteiger partial charge in [0, 0.05) is 11.8 Å². The molecule has 180 valence electrons. The van der Waals surface area contributed by atoms with Crippen molar-refractivity contribution < 1.29 is 23.7 Å². The van der Waals surface area contributed by atoms with E-state index in [9.17, 15) is 4.79 Å². The average Bonchev–Trinajstić information content (AvgIpc) is 3.05. The molecular formula is C30H30O5. The Morgan fingerprint density at radius 3 is 1.97 bits per heavy atom. The number of ketones is 1. The molecule has 1 heterocycles. The van der Waals surface area contributed by atoms with E-state index in [-0.39, 0.29) is 17.6 Å². The molecule has 1 aliphatic carbocycles. The van der Waals surface area contributed by atoms with Gasteiger partial charge in [-0.05, 0) is 40.8 Å². The number of hydrogen-bond donors (Lipinski definition) is 0. The number of hydrogen-bond acceptors (Lipinski definition) is 5. The fourth-order valence-corrected chi connectivity index (χ4v) is 5.61. The Kier molecular flexibility index (Phi) is 6.35. The van der Waals surface area contributed by atoms with Crippen molar-refractivity contribution >= 4 is 11.4 Å². The molecule has 0 radical (unpaired) electrons. The zero-order valence-corrected chi connectivity index (χ0v) is 20.3. The molecule has 2 aliphatic rings. The van der Waals surface area contributed by atoms with Crippen LogP contribution in [0.15, 0.2) is 78.9 Å². The van der Waals surface area contributed by atoms with Gasteiger partial charge in [-0.3, -0.25) is 4.79 Å². The monoisotopic (exact) mass is 470 g/mol. The van der Waals surface area contributed by atoms with Crippen molar-refractivity contribution in [1.29, 1.82) is 0 Å². The Hall–Kier alpha value is -3.57. The number of Topliss-reactive ketones (excluding diaryl/α,β-unsaturated/α-hetero) is 1. The van der Waals surface area contributed by atoms with Crippen LogP contribution in [0, 0.1) is 11.3 Å². The number of fused-ring (bicyclic) bond motifs is 2. The first-order chi connectivity index (χ1) is 17.1. The van der Waals surface area contributed by atoms with Gasteiger partial charge < -0.3 is 18.9 Å². The molecule has 1 saturated heterocycles. The summed E-state index contributed by atoms with van der Waals surface area (Å²) < 4.78 is 22.9. The van der Waals surface area contributed by atoms with E-state index in [1.807, 2.05) is 48.5 Å². The van der Waals surface area contributed by atoms with Crippen LogP contribution >= 0.6 is 0 Å². The Bertz CT molecular complexity index is 1170. The molecule has 3 aromatic carbocycles. The van der Waals surface area contributed by atoms with Crippen LogP contribution in [0.1, 0.15) is 29.0 Å². The van der Waals surface area contributed by atoms with Gasteiger partial charge in [0.05, 0.1) is 40.0 Å². The van der Waals surface area contributed by atoms with Crippen molar-refractivity contribution in [3.8, 4) is 17.2 Å². The summed E-state index contributed by atoms with van der Waals surface area (Å²) in [7, 11) is 4.82. The molecule has 5 rings (SSSR count). The minimum absolute atomic E-state index is 0.0846. The second-order valence-electron chi connectivity index (χ2n) is 9.15. The lowest BCUT2D eigenvalue weighted by Gasteiger charge is -2.35. The fraction of sp³-hybridized carbons (Fsp3) is 0.300. The third-order valence-electron chi connectivity index (χ3n) is 7.29. The summed E-state index contributed by atoms with van der Waals surface area (Å²) in [6.07, 6.45) is 2.87. The van der Waals surface area contributed by atoms with E-state index < -0.39 is 5.41 Å². The van der Waals surface area contributed by atoms with E-state index in [4.69, 9.17) is 18.9 Å². The molecule has 0 N–H and O–H groups in total. The van der Waals surface area contributed by atoms with Crippen molar-refractivity contribution in [2.45, 2.75) is 12.3 Å². The molecule has 1 aliphatic heterocycles. The van der Waals surface area contributed by atoms with Gasteiger partial charge in [0.15, 0.2) is 17.3 Å². The number of carbonyl (C=O) groups excluding carboxylic acids is 1. The van der Waals surface area contributed by atoms with Crippen LogP contribution in [0.25, 0.3) is 5.57 Å². The number of carbonyl (C=O) groups is 1. The van der Waals surface area contributed by atoms with E-state index in [0.29, 0.717) is 36.9 Å². The predicted molar refractivity (Wildman–Crippen MR) is 135 cm³/mol. The van der Waals surface area contributed by atoms with Crippen LogP contribution in [0.5, 0.6) is 17.2 Å². The first-order valence-corrected chi connectivity index (χ1v) is 11.9. The highest BCUT2D eigenvalue weighted by Crippen LogP contribution is 2.56. The second kappa shape index (κ2) is 9.59. The van der Waals surface area contributed by atoms with Crippen LogP contribution in [0.3, 0.4) is 0 Å². The molecule has 2 bridgehead atoms. The summed E-state index contributed by atoms with van der Waals surface area (Å²) in [5.74, 6) is 1.73. The van der Waals surface area contributed by atoms with E-state index in [1.165, 1.54) is 0 Å². The Balaban J connectivity index is 1.71. The molecule has 35 heavy (non-hydrogen) atoms. The standard InChI is InChI=1S/C30H30O5/c1-32-26-15-22(16-27(33-2)28(26)34-3)25-14-23-18-35-19-30(25,29(23)31)17-24(20-10-6-4-7-11-20)21-12-8-5-9-13-21/h4-13,15-17,23,25H,14,18-19H2,1-3H3/t23-,25+,30-/m1/s1. The van der Waals surface area contributed by atoms with Crippen molar-refractivity contribution in [2.24, 2.45) is 11.3 Å². The Morgan fingerprint density at radius 1 is 0.886 bits per heavy atom. The Morgan fingerprint density at radius 2 is 1.46 bits per heavy atom. The fourth-order valence-electron chi connectivity index (χ4n) is 5.61. The summed E-state index contributed by atoms with van der Waals surface area (Å²) in [6.45, 7) is 0.800. The van der Waals surface area contributed by atoms with E-state index >= 15 is 0 Å². The molecular weight excluding hydrogens is 440 g/mol. The minimum Gasteiger partial charge on any atom is -0.493 e. The lowest BCUT2D eigenvalue weighted by molar-refractivity contribution is -0.137. The first kappa shape index (κ1) is 23.2. The van der Waals surface area contributed by atoms with Crippen molar-refractivity contribution in [1.82, 2.24) is 0 Å². The zero-order valence-electron chi connectivity index (χ0n) is 20.3. The third-order valence-corrected chi connectivity index (χ3v) is 7.29. The lowest BCUT2D eigenvalue weighted by Crippen LogP contribution is -2.41. The van der Waals surface area contributed by atoms with Gasteiger partial charge in [0.1, 0.15) is 0 Å². The molecule has 0 unspecified atom stereocenters. The molecule has 0 aromatic heterocycles. The summed E-state index contributed by atoms with van der Waals surface area (Å²) in [6, 6.07) is 24.4. The highest BCUT2D eigenvalue weighted by molar-refractivity contribution is 5.96. The quantitative estimate of drug-likeness (QED) is 0.454. The second-order valence-corrected chi connectivity index (χ2v) is 9.15. The highest BCUT2D eigenvalue weighted by Gasteiger charge is 2.57. The molecule has 1 saturated carbocycles. The molecule has 5 heteroatoms. The van der Waals surface area contributed by atoms with Gasteiger partial charge in [-0.1, -0.05) is 66.7 Å². The van der Waals surface area contributed by atoms with Gasteiger partial charge in [0.2, 0.25) is 5.75 Å². The summed E-state index contributed by atoms with van der Waals surface area (Å²) in [5, 5.41) is 0. The van der Waals surface area contributed by atoms with Crippen LogP contribution < -0.4 is 14.2 Å². The van der Waals surface area contributed by atoms with Crippen LogP contribution in [0.4, 0.5) is 0 Å². The molecule has 3 atom stereocenters. The normalized spacial score (nSPS) is 23.0.